The van der Waals surface area contributed by atoms with Gasteiger partial charge in [-0.25, -0.2) is 8.42 Å². The van der Waals surface area contributed by atoms with E-state index in [1.54, 1.807) is 6.92 Å². The summed E-state index contributed by atoms with van der Waals surface area (Å²) in [6.07, 6.45) is 15.5. The van der Waals surface area contributed by atoms with Gasteiger partial charge in [-0.1, -0.05) is 83.6 Å². The Morgan fingerprint density at radius 3 is 1.80 bits per heavy atom. The van der Waals surface area contributed by atoms with E-state index in [-0.39, 0.29) is 36.2 Å². The van der Waals surface area contributed by atoms with Crippen molar-refractivity contribution in [3.63, 3.8) is 0 Å². The van der Waals surface area contributed by atoms with E-state index in [9.17, 15) is 22.6 Å². The molecule has 0 N–H and O–H groups in total. The van der Waals surface area contributed by atoms with Crippen molar-refractivity contribution < 1.29 is 61.6 Å². The van der Waals surface area contributed by atoms with Crippen LogP contribution in [0.5, 0.6) is 0 Å². The molecule has 1 atom stereocenters. The molecule has 0 heterocycles. The number of allylic oxidation sites excluding steroid dienone is 1. The molecule has 0 aliphatic rings. The minimum absolute atomic E-state index is 0. The molecule has 0 saturated heterocycles. The van der Waals surface area contributed by atoms with Crippen LogP contribution >= 0.6 is 0 Å². The van der Waals surface area contributed by atoms with Crippen molar-refractivity contribution in [1.82, 2.24) is 0 Å². The third-order valence-corrected chi connectivity index (χ3v) is 5.60. The summed E-state index contributed by atoms with van der Waals surface area (Å²) in [5.74, 6) is -2.17. The fraction of sp³-hybridized carbons (Fsp3) is 0.810. The Morgan fingerprint density at radius 1 is 0.900 bits per heavy atom. The zero-order chi connectivity index (χ0) is 22.0. The van der Waals surface area contributed by atoms with E-state index in [2.05, 4.69) is 11.7 Å². The van der Waals surface area contributed by atoms with Crippen LogP contribution in [0.1, 0.15) is 97.3 Å². The number of carbonyl (C=O) groups excluding carboxylic acids is 2. The van der Waals surface area contributed by atoms with Gasteiger partial charge in [-0.3, -0.25) is 9.59 Å². The van der Waals surface area contributed by atoms with Crippen LogP contribution in [0.3, 0.4) is 0 Å². The summed E-state index contributed by atoms with van der Waals surface area (Å²) in [5.41, 5.74) is 0. The number of ether oxygens (including phenoxy) is 2. The maximum absolute atomic E-state index is 11.9. The second kappa shape index (κ2) is 20.5. The number of esters is 2. The van der Waals surface area contributed by atoms with Gasteiger partial charge in [0.25, 0.3) is 0 Å². The Kier molecular flexibility index (Phi) is 21.7. The van der Waals surface area contributed by atoms with Crippen LogP contribution in [0.4, 0.5) is 0 Å². The Balaban J connectivity index is 0. The van der Waals surface area contributed by atoms with E-state index in [0.29, 0.717) is 6.42 Å². The van der Waals surface area contributed by atoms with Crippen molar-refractivity contribution >= 4 is 22.1 Å². The molecular formula is C21H37NaO7S. The number of hydrogen-bond acceptors (Lipinski definition) is 7. The molecule has 0 amide bonds. The molecule has 1 unspecified atom stereocenters. The number of unbranched alkanes of at least 4 members (excludes halogenated alkanes) is 11. The van der Waals surface area contributed by atoms with Crippen LogP contribution in [-0.4, -0.2) is 36.8 Å². The molecule has 0 aromatic rings. The molecule has 30 heavy (non-hydrogen) atoms. The summed E-state index contributed by atoms with van der Waals surface area (Å²) >= 11 is 0. The molecule has 7 nitrogen and oxygen atoms in total. The van der Waals surface area contributed by atoms with Crippen LogP contribution < -0.4 is 29.6 Å². The van der Waals surface area contributed by atoms with Gasteiger partial charge in [-0.15, -0.1) is 0 Å². The Morgan fingerprint density at radius 2 is 1.37 bits per heavy atom. The molecule has 0 bridgehead atoms. The number of hydrogen-bond donors (Lipinski definition) is 0. The maximum Gasteiger partial charge on any atom is 1.00 e. The van der Waals surface area contributed by atoms with E-state index < -0.39 is 33.7 Å². The first-order chi connectivity index (χ1) is 13.8. The van der Waals surface area contributed by atoms with Gasteiger partial charge in [0.15, 0.2) is 5.25 Å². The van der Waals surface area contributed by atoms with Crippen LogP contribution in [0.25, 0.3) is 0 Å². The van der Waals surface area contributed by atoms with Crippen LogP contribution in [-0.2, 0) is 29.2 Å². The standard InChI is InChI=1S/C21H38O7S.Na/c1-3-5-6-7-8-9-10-11-12-13-14-15-17-28-21(23)19(29(24,25)26)18-20(22)27-16-4-2;/h4,16,19H,3,5-15,17-18H2,1-2H3,(H,24,25,26);/q;+1/p-1/b16-4+;. The van der Waals surface area contributed by atoms with E-state index in [1.165, 1.54) is 57.4 Å². The molecule has 9 heteroatoms. The van der Waals surface area contributed by atoms with Crippen molar-refractivity contribution in [3.8, 4) is 0 Å². The Hall–Kier alpha value is -0.410. The first kappa shape index (κ1) is 31.8. The quantitative estimate of drug-likeness (QED) is 0.101. The molecule has 0 aliphatic carbocycles. The molecule has 0 aliphatic heterocycles. The summed E-state index contributed by atoms with van der Waals surface area (Å²) in [4.78, 5) is 23.3. The fourth-order valence-corrected chi connectivity index (χ4v) is 3.50. The summed E-state index contributed by atoms with van der Waals surface area (Å²) in [5, 5.41) is -2.07. The normalized spacial score (nSPS) is 12.4. The van der Waals surface area contributed by atoms with E-state index in [0.717, 1.165) is 25.5 Å². The van der Waals surface area contributed by atoms with Crippen LogP contribution in [0, 0.1) is 0 Å². The number of carbonyl (C=O) groups is 2. The Bertz CT molecular complexity index is 576. The molecule has 0 aromatic heterocycles. The van der Waals surface area contributed by atoms with Gasteiger partial charge in [0.05, 0.1) is 19.3 Å². The number of rotatable bonds is 18. The zero-order valence-electron chi connectivity index (χ0n) is 18.9. The third-order valence-electron chi connectivity index (χ3n) is 4.54. The third kappa shape index (κ3) is 18.4. The van der Waals surface area contributed by atoms with E-state index >= 15 is 0 Å². The minimum Gasteiger partial charge on any atom is -0.747 e. The van der Waals surface area contributed by atoms with E-state index in [4.69, 9.17) is 4.74 Å². The molecule has 0 spiro atoms. The molecule has 170 valence electrons. The van der Waals surface area contributed by atoms with Gasteiger partial charge in [-0.05, 0) is 13.3 Å². The first-order valence-corrected chi connectivity index (χ1v) is 12.2. The van der Waals surface area contributed by atoms with Crippen molar-refractivity contribution in [3.05, 3.63) is 12.3 Å². The van der Waals surface area contributed by atoms with Gasteiger partial charge < -0.3 is 14.0 Å². The fourth-order valence-electron chi connectivity index (χ4n) is 2.86. The molecule has 0 aromatic carbocycles. The first-order valence-electron chi connectivity index (χ1n) is 10.7. The van der Waals surface area contributed by atoms with E-state index in [1.807, 2.05) is 0 Å². The SMILES string of the molecule is C/C=C/OC(=O)CC(C(=O)OCCCCCCCCCCCCCC)S(=O)(=O)[O-].[Na+]. The largest absolute Gasteiger partial charge is 1.00 e. The molecule has 0 saturated carbocycles. The van der Waals surface area contributed by atoms with Gasteiger partial charge in [0, 0.05) is 0 Å². The van der Waals surface area contributed by atoms with Gasteiger partial charge in [-0.2, -0.15) is 0 Å². The van der Waals surface area contributed by atoms with Crippen molar-refractivity contribution in [2.75, 3.05) is 6.61 Å². The maximum atomic E-state index is 11.9. The second-order valence-corrected chi connectivity index (χ2v) is 8.76. The van der Waals surface area contributed by atoms with Crippen molar-refractivity contribution in [2.45, 2.75) is 103 Å². The van der Waals surface area contributed by atoms with Gasteiger partial charge in [0.1, 0.15) is 10.1 Å². The average molecular weight is 457 g/mol. The summed E-state index contributed by atoms with van der Waals surface area (Å²) in [7, 11) is -5.00. The molecule has 0 fully saturated rings. The monoisotopic (exact) mass is 456 g/mol. The summed E-state index contributed by atoms with van der Waals surface area (Å²) < 4.78 is 43.1. The average Bonchev–Trinajstić information content (AvgIpc) is 2.67. The second-order valence-electron chi connectivity index (χ2n) is 7.20. The van der Waals surface area contributed by atoms with Crippen molar-refractivity contribution in [1.29, 1.82) is 0 Å². The summed E-state index contributed by atoms with van der Waals surface area (Å²) in [6.45, 7) is 3.84. The van der Waals surface area contributed by atoms with Gasteiger partial charge >= 0.3 is 41.5 Å². The minimum atomic E-state index is -5.00. The predicted octanol–water partition coefficient (Wildman–Crippen LogP) is 1.62. The van der Waals surface area contributed by atoms with Crippen molar-refractivity contribution in [2.24, 2.45) is 0 Å². The van der Waals surface area contributed by atoms with Crippen LogP contribution in [0.2, 0.25) is 0 Å². The summed E-state index contributed by atoms with van der Waals surface area (Å²) in [6, 6.07) is 0. The smallest absolute Gasteiger partial charge is 0.747 e. The molecular weight excluding hydrogens is 419 g/mol. The Labute approximate surface area is 204 Å². The topological polar surface area (TPSA) is 110 Å². The van der Waals surface area contributed by atoms with Gasteiger partial charge in [0.2, 0.25) is 0 Å². The molecule has 0 radical (unpaired) electrons. The molecule has 0 rings (SSSR count). The predicted molar refractivity (Wildman–Crippen MR) is 111 cm³/mol. The zero-order valence-corrected chi connectivity index (χ0v) is 21.7. The van der Waals surface area contributed by atoms with Crippen LogP contribution in [0.15, 0.2) is 12.3 Å².